The van der Waals surface area contributed by atoms with E-state index in [0.717, 1.165) is 30.8 Å². The first-order valence-corrected chi connectivity index (χ1v) is 8.44. The van der Waals surface area contributed by atoms with Crippen LogP contribution in [0.25, 0.3) is 10.2 Å². The summed E-state index contributed by atoms with van der Waals surface area (Å²) in [6, 6.07) is 1.79. The van der Waals surface area contributed by atoms with Crippen molar-refractivity contribution in [1.82, 2.24) is 14.5 Å². The van der Waals surface area contributed by atoms with Crippen LogP contribution >= 0.6 is 23.6 Å². The van der Waals surface area contributed by atoms with Crippen LogP contribution in [0.4, 0.5) is 0 Å². The van der Waals surface area contributed by atoms with Gasteiger partial charge >= 0.3 is 0 Å². The summed E-state index contributed by atoms with van der Waals surface area (Å²) in [6.45, 7) is 2.02. The summed E-state index contributed by atoms with van der Waals surface area (Å²) in [5.41, 5.74) is -0.110. The molecule has 1 fully saturated rings. The van der Waals surface area contributed by atoms with Crippen LogP contribution in [0.5, 0.6) is 0 Å². The monoisotopic (exact) mass is 323 g/mol. The number of amides is 1. The normalized spacial score (nSPS) is 15.5. The predicted molar refractivity (Wildman–Crippen MR) is 86.3 cm³/mol. The van der Waals surface area contributed by atoms with E-state index in [1.54, 1.807) is 6.07 Å². The number of nitrogens with zero attached hydrogens (tertiary/aromatic N) is 2. The standard InChI is InChI=1S/C14H17N3O2S2/c18-11(16-6-2-1-3-7-16)4-8-17-13(19)10-5-9-21-12(10)15-14(17)20/h5,9H,1-4,6-8H2,(H,15,20). The number of aromatic nitrogens is 2. The van der Waals surface area contributed by atoms with E-state index < -0.39 is 0 Å². The molecule has 112 valence electrons. The molecular weight excluding hydrogens is 306 g/mol. The van der Waals surface area contributed by atoms with Gasteiger partial charge in [0, 0.05) is 26.1 Å². The number of thiophene rings is 1. The zero-order chi connectivity index (χ0) is 14.8. The number of H-pyrrole nitrogens is 1. The average molecular weight is 323 g/mol. The third kappa shape index (κ3) is 2.94. The number of piperidine rings is 1. The minimum atomic E-state index is -0.110. The molecule has 1 aliphatic rings. The van der Waals surface area contributed by atoms with Crippen LogP contribution in [0.3, 0.4) is 0 Å². The van der Waals surface area contributed by atoms with Crippen LogP contribution in [0.2, 0.25) is 0 Å². The van der Waals surface area contributed by atoms with Crippen molar-refractivity contribution in [3.8, 4) is 0 Å². The largest absolute Gasteiger partial charge is 0.343 e. The number of aromatic amines is 1. The molecule has 0 aromatic carbocycles. The minimum absolute atomic E-state index is 0.110. The summed E-state index contributed by atoms with van der Waals surface area (Å²) in [6.07, 6.45) is 3.68. The third-order valence-electron chi connectivity index (χ3n) is 3.86. The van der Waals surface area contributed by atoms with E-state index in [-0.39, 0.29) is 11.5 Å². The number of likely N-dealkylation sites (tertiary alicyclic amines) is 1. The molecule has 0 spiro atoms. The van der Waals surface area contributed by atoms with Gasteiger partial charge in [0.25, 0.3) is 5.56 Å². The molecule has 2 aromatic rings. The highest BCUT2D eigenvalue weighted by Gasteiger charge is 2.16. The number of carbonyl (C=O) groups excluding carboxylic acids is 1. The number of carbonyl (C=O) groups is 1. The quantitative estimate of drug-likeness (QED) is 0.883. The molecule has 0 atom stereocenters. The fourth-order valence-electron chi connectivity index (χ4n) is 2.69. The second-order valence-electron chi connectivity index (χ2n) is 5.24. The Morgan fingerprint density at radius 3 is 2.86 bits per heavy atom. The van der Waals surface area contributed by atoms with E-state index in [9.17, 15) is 9.59 Å². The van der Waals surface area contributed by atoms with Gasteiger partial charge in [0.05, 0.1) is 5.39 Å². The summed E-state index contributed by atoms with van der Waals surface area (Å²) in [5, 5.41) is 2.50. The zero-order valence-electron chi connectivity index (χ0n) is 11.6. The lowest BCUT2D eigenvalue weighted by Crippen LogP contribution is -2.36. The van der Waals surface area contributed by atoms with Crippen LogP contribution in [-0.4, -0.2) is 33.4 Å². The first kappa shape index (κ1) is 14.5. The lowest BCUT2D eigenvalue weighted by Gasteiger charge is -2.26. The Kier molecular flexibility index (Phi) is 4.21. The topological polar surface area (TPSA) is 58.1 Å². The fraction of sp³-hybridized carbons (Fsp3) is 0.500. The maximum absolute atomic E-state index is 12.4. The van der Waals surface area contributed by atoms with Crippen molar-refractivity contribution in [2.75, 3.05) is 13.1 Å². The Morgan fingerprint density at radius 1 is 1.33 bits per heavy atom. The Balaban J connectivity index is 1.77. The van der Waals surface area contributed by atoms with Crippen molar-refractivity contribution < 1.29 is 4.79 Å². The summed E-state index contributed by atoms with van der Waals surface area (Å²) in [5.74, 6) is 0.112. The van der Waals surface area contributed by atoms with Gasteiger partial charge in [0.15, 0.2) is 4.77 Å². The van der Waals surface area contributed by atoms with Crippen molar-refractivity contribution in [3.05, 3.63) is 26.6 Å². The lowest BCUT2D eigenvalue weighted by atomic mass is 10.1. The van der Waals surface area contributed by atoms with Gasteiger partial charge in [0.2, 0.25) is 5.91 Å². The highest BCUT2D eigenvalue weighted by Crippen LogP contribution is 2.14. The van der Waals surface area contributed by atoms with Gasteiger partial charge in [-0.15, -0.1) is 11.3 Å². The van der Waals surface area contributed by atoms with E-state index in [1.807, 2.05) is 10.3 Å². The van der Waals surface area contributed by atoms with E-state index >= 15 is 0 Å². The second kappa shape index (κ2) is 6.11. The molecule has 2 aromatic heterocycles. The van der Waals surface area contributed by atoms with Gasteiger partial charge in [-0.3, -0.25) is 14.2 Å². The van der Waals surface area contributed by atoms with Gasteiger partial charge in [0.1, 0.15) is 4.83 Å². The molecule has 0 aliphatic carbocycles. The Bertz CT molecular complexity index is 768. The molecule has 5 nitrogen and oxygen atoms in total. The third-order valence-corrected chi connectivity index (χ3v) is 5.02. The van der Waals surface area contributed by atoms with Crippen molar-refractivity contribution in [3.63, 3.8) is 0 Å². The molecule has 0 bridgehead atoms. The first-order chi connectivity index (χ1) is 10.2. The summed E-state index contributed by atoms with van der Waals surface area (Å²) >= 11 is 6.69. The zero-order valence-corrected chi connectivity index (χ0v) is 13.3. The molecule has 1 aliphatic heterocycles. The van der Waals surface area contributed by atoms with Crippen LogP contribution < -0.4 is 5.56 Å². The van der Waals surface area contributed by atoms with Crippen molar-refractivity contribution >= 4 is 39.7 Å². The molecular formula is C14H17N3O2S2. The minimum Gasteiger partial charge on any atom is -0.343 e. The molecule has 0 radical (unpaired) electrons. The summed E-state index contributed by atoms with van der Waals surface area (Å²) < 4.78 is 1.88. The van der Waals surface area contributed by atoms with Gasteiger partial charge in [-0.1, -0.05) is 0 Å². The smallest absolute Gasteiger partial charge is 0.263 e. The molecule has 3 rings (SSSR count). The molecule has 1 N–H and O–H groups in total. The van der Waals surface area contributed by atoms with E-state index in [2.05, 4.69) is 4.98 Å². The predicted octanol–water partition coefficient (Wildman–Crippen LogP) is 2.52. The molecule has 3 heterocycles. The Hall–Kier alpha value is -1.47. The SMILES string of the molecule is O=C(CCn1c(=S)[nH]c2sccc2c1=O)N1CCCCC1. The van der Waals surface area contributed by atoms with Crippen LogP contribution in [0.1, 0.15) is 25.7 Å². The van der Waals surface area contributed by atoms with Gasteiger partial charge < -0.3 is 9.88 Å². The molecule has 0 unspecified atom stereocenters. The van der Waals surface area contributed by atoms with Gasteiger partial charge in [-0.2, -0.15) is 0 Å². The maximum Gasteiger partial charge on any atom is 0.263 e. The average Bonchev–Trinajstić information content (AvgIpc) is 2.96. The van der Waals surface area contributed by atoms with Crippen LogP contribution in [-0.2, 0) is 11.3 Å². The fourth-order valence-corrected chi connectivity index (χ4v) is 3.81. The van der Waals surface area contributed by atoms with Crippen LogP contribution in [0, 0.1) is 4.77 Å². The van der Waals surface area contributed by atoms with E-state index in [4.69, 9.17) is 12.2 Å². The van der Waals surface area contributed by atoms with Crippen molar-refractivity contribution in [2.24, 2.45) is 0 Å². The maximum atomic E-state index is 12.4. The number of nitrogens with one attached hydrogen (secondary N) is 1. The molecule has 0 saturated carbocycles. The van der Waals surface area contributed by atoms with Crippen LogP contribution in [0.15, 0.2) is 16.2 Å². The second-order valence-corrected chi connectivity index (χ2v) is 6.54. The van der Waals surface area contributed by atoms with Crippen molar-refractivity contribution in [2.45, 2.75) is 32.2 Å². The molecule has 1 saturated heterocycles. The first-order valence-electron chi connectivity index (χ1n) is 7.15. The number of rotatable bonds is 3. The number of hydrogen-bond donors (Lipinski definition) is 1. The van der Waals surface area contributed by atoms with E-state index in [1.165, 1.54) is 22.3 Å². The molecule has 1 amide bonds. The lowest BCUT2D eigenvalue weighted by molar-refractivity contribution is -0.132. The Labute approximate surface area is 131 Å². The van der Waals surface area contributed by atoms with Gasteiger partial charge in [-0.05, 0) is 42.9 Å². The summed E-state index contributed by atoms with van der Waals surface area (Å²) in [7, 11) is 0. The number of hydrogen-bond acceptors (Lipinski definition) is 4. The van der Waals surface area contributed by atoms with Gasteiger partial charge in [-0.25, -0.2) is 0 Å². The molecule has 21 heavy (non-hydrogen) atoms. The summed E-state index contributed by atoms with van der Waals surface area (Å²) in [4.78, 5) is 30.3. The highest BCUT2D eigenvalue weighted by atomic mass is 32.1. The highest BCUT2D eigenvalue weighted by molar-refractivity contribution is 7.71. The van der Waals surface area contributed by atoms with E-state index in [0.29, 0.717) is 23.1 Å². The number of fused-ring (bicyclic) bond motifs is 1. The van der Waals surface area contributed by atoms with Crippen molar-refractivity contribution in [1.29, 1.82) is 0 Å². The molecule has 7 heteroatoms. The Morgan fingerprint density at radius 2 is 2.10 bits per heavy atom.